The Kier molecular flexibility index (Phi) is 5.76. The molecule has 2 aromatic rings. The molecule has 0 saturated carbocycles. The lowest BCUT2D eigenvalue weighted by Gasteiger charge is -2.28. The third kappa shape index (κ3) is 4.50. The van der Waals surface area contributed by atoms with E-state index in [0.29, 0.717) is 19.7 Å². The molecule has 1 aromatic carbocycles. The lowest BCUT2D eigenvalue weighted by Crippen LogP contribution is -2.37. The topological polar surface area (TPSA) is 48.6 Å². The van der Waals surface area contributed by atoms with Crippen LogP contribution >= 0.6 is 23.8 Å². The highest BCUT2D eigenvalue weighted by Gasteiger charge is 2.41. The van der Waals surface area contributed by atoms with Gasteiger partial charge in [-0.3, -0.25) is 0 Å². The molecule has 1 aliphatic heterocycles. The van der Waals surface area contributed by atoms with E-state index in [4.69, 9.17) is 21.1 Å². The second-order valence-corrected chi connectivity index (χ2v) is 6.37. The molecule has 3 rings (SSSR count). The van der Waals surface area contributed by atoms with E-state index < -0.39 is 5.79 Å². The number of isothiocyanates is 1. The Bertz CT molecular complexity index is 701. The van der Waals surface area contributed by atoms with Crippen molar-refractivity contribution in [3.63, 3.8) is 0 Å². The monoisotopic (exact) mass is 363 g/mol. The molecule has 0 N–H and O–H groups in total. The zero-order valence-electron chi connectivity index (χ0n) is 13.1. The van der Waals surface area contributed by atoms with Gasteiger partial charge in [0.1, 0.15) is 6.10 Å². The molecular formula is C17H18ClN3O2S. The molecule has 0 aliphatic carbocycles. The number of aromatic nitrogens is 2. The van der Waals surface area contributed by atoms with E-state index in [1.807, 2.05) is 35.0 Å². The van der Waals surface area contributed by atoms with Crippen molar-refractivity contribution in [3.05, 3.63) is 53.6 Å². The zero-order chi connectivity index (χ0) is 16.8. The average Bonchev–Trinajstić information content (AvgIpc) is 3.23. The summed E-state index contributed by atoms with van der Waals surface area (Å²) in [4.78, 5) is 8.06. The second-order valence-electron chi connectivity index (χ2n) is 5.76. The van der Waals surface area contributed by atoms with E-state index in [1.54, 1.807) is 12.5 Å². The summed E-state index contributed by atoms with van der Waals surface area (Å²) in [5.41, 5.74) is 1.19. The van der Waals surface area contributed by atoms with Crippen molar-refractivity contribution in [3.8, 4) is 0 Å². The maximum atomic E-state index is 6.19. The Morgan fingerprint density at radius 1 is 1.42 bits per heavy atom. The number of ether oxygens (including phenoxy) is 2. The molecule has 0 spiro atoms. The van der Waals surface area contributed by atoms with Crippen molar-refractivity contribution in [1.29, 1.82) is 0 Å². The fourth-order valence-electron chi connectivity index (χ4n) is 2.78. The van der Waals surface area contributed by atoms with Gasteiger partial charge in [0.05, 0.1) is 31.2 Å². The molecule has 1 aromatic heterocycles. The summed E-state index contributed by atoms with van der Waals surface area (Å²) < 4.78 is 14.2. The van der Waals surface area contributed by atoms with Gasteiger partial charge in [-0.15, -0.1) is 0 Å². The van der Waals surface area contributed by atoms with E-state index in [1.165, 1.54) is 5.56 Å². The van der Waals surface area contributed by atoms with Crippen molar-refractivity contribution >= 4 is 29.0 Å². The maximum Gasteiger partial charge on any atom is 0.187 e. The predicted molar refractivity (Wildman–Crippen MR) is 95.4 cm³/mol. The van der Waals surface area contributed by atoms with Crippen LogP contribution in [0.4, 0.5) is 0 Å². The van der Waals surface area contributed by atoms with Crippen molar-refractivity contribution in [2.24, 2.45) is 4.99 Å². The van der Waals surface area contributed by atoms with Crippen LogP contribution in [0.3, 0.4) is 0 Å². The van der Waals surface area contributed by atoms with Crippen molar-refractivity contribution in [2.45, 2.75) is 31.3 Å². The Hall–Kier alpha value is -1.56. The SMILES string of the molecule is S=C=NC[C@@H]1CO[C@@](CCc2ccc(Cl)cc2)(Cn2ccnc2)O1. The minimum absolute atomic E-state index is 0.103. The highest BCUT2D eigenvalue weighted by Crippen LogP contribution is 2.31. The van der Waals surface area contributed by atoms with Gasteiger partial charge >= 0.3 is 0 Å². The summed E-state index contributed by atoms with van der Waals surface area (Å²) in [6.07, 6.45) is 6.86. The summed E-state index contributed by atoms with van der Waals surface area (Å²) in [5, 5.41) is 3.11. The summed E-state index contributed by atoms with van der Waals surface area (Å²) in [6, 6.07) is 7.84. The molecule has 1 saturated heterocycles. The Balaban J connectivity index is 1.70. The third-order valence-corrected chi connectivity index (χ3v) is 4.34. The second kappa shape index (κ2) is 8.01. The van der Waals surface area contributed by atoms with Crippen LogP contribution in [-0.4, -0.2) is 39.8 Å². The fraction of sp³-hybridized carbons (Fsp3) is 0.412. The number of hydrogen-bond acceptors (Lipinski definition) is 5. The molecule has 2 heterocycles. The normalized spacial score (nSPS) is 23.1. The van der Waals surface area contributed by atoms with Gasteiger partial charge in [-0.05, 0) is 36.3 Å². The van der Waals surface area contributed by atoms with E-state index in [-0.39, 0.29) is 6.10 Å². The number of hydrogen-bond donors (Lipinski definition) is 0. The Morgan fingerprint density at radius 3 is 2.96 bits per heavy atom. The van der Waals surface area contributed by atoms with Gasteiger partial charge in [0.2, 0.25) is 0 Å². The van der Waals surface area contributed by atoms with Crippen molar-refractivity contribution < 1.29 is 9.47 Å². The van der Waals surface area contributed by atoms with Crippen molar-refractivity contribution in [2.75, 3.05) is 13.2 Å². The maximum absolute atomic E-state index is 6.19. The van der Waals surface area contributed by atoms with Gasteiger partial charge in [0, 0.05) is 23.8 Å². The van der Waals surface area contributed by atoms with E-state index >= 15 is 0 Å². The highest BCUT2D eigenvalue weighted by molar-refractivity contribution is 7.78. The van der Waals surface area contributed by atoms with E-state index in [9.17, 15) is 0 Å². The molecule has 0 bridgehead atoms. The smallest absolute Gasteiger partial charge is 0.187 e. The molecule has 0 unspecified atom stereocenters. The molecule has 1 fully saturated rings. The van der Waals surface area contributed by atoms with Crippen molar-refractivity contribution in [1.82, 2.24) is 9.55 Å². The minimum Gasteiger partial charge on any atom is -0.345 e. The van der Waals surface area contributed by atoms with Gasteiger partial charge in [0.15, 0.2) is 5.79 Å². The number of aryl methyl sites for hydroxylation is 1. The molecule has 0 amide bonds. The molecule has 126 valence electrons. The van der Waals surface area contributed by atoms with Gasteiger partial charge in [-0.1, -0.05) is 23.7 Å². The van der Waals surface area contributed by atoms with Crippen LogP contribution in [-0.2, 0) is 22.4 Å². The van der Waals surface area contributed by atoms with Gasteiger partial charge in [0.25, 0.3) is 0 Å². The summed E-state index contributed by atoms with van der Waals surface area (Å²) in [7, 11) is 0. The lowest BCUT2D eigenvalue weighted by molar-refractivity contribution is -0.181. The number of halogens is 1. The highest BCUT2D eigenvalue weighted by atomic mass is 35.5. The van der Waals surface area contributed by atoms with Crippen LogP contribution in [0, 0.1) is 0 Å². The minimum atomic E-state index is -0.692. The first-order valence-electron chi connectivity index (χ1n) is 7.75. The molecule has 7 heteroatoms. The number of rotatable bonds is 7. The number of nitrogens with zero attached hydrogens (tertiary/aromatic N) is 3. The van der Waals surface area contributed by atoms with Crippen LogP contribution in [0.15, 0.2) is 48.0 Å². The largest absolute Gasteiger partial charge is 0.345 e. The standard InChI is InChI=1S/C17H18ClN3O2S/c18-15-3-1-14(2-4-15)5-6-17(11-21-8-7-19-12-21)22-10-16(23-17)9-20-13-24/h1-4,7-8,12,16H,5-6,9-11H2/t16-,17-/m1/s1. The van der Waals surface area contributed by atoms with Crippen LogP contribution in [0.25, 0.3) is 0 Å². The van der Waals surface area contributed by atoms with Crippen LogP contribution in [0.2, 0.25) is 5.02 Å². The number of thiocarbonyl (C=S) groups is 1. The summed E-state index contributed by atoms with van der Waals surface area (Å²) in [6.45, 7) is 1.55. The first-order valence-corrected chi connectivity index (χ1v) is 8.53. The number of benzene rings is 1. The Labute approximate surface area is 151 Å². The molecule has 1 aliphatic rings. The Morgan fingerprint density at radius 2 is 2.25 bits per heavy atom. The van der Waals surface area contributed by atoms with E-state index in [2.05, 4.69) is 27.4 Å². The van der Waals surface area contributed by atoms with Crippen LogP contribution < -0.4 is 0 Å². The lowest BCUT2D eigenvalue weighted by atomic mass is 10.0. The number of aliphatic imine (C=N–C) groups is 1. The predicted octanol–water partition coefficient (Wildman–Crippen LogP) is 3.38. The fourth-order valence-corrected chi connectivity index (χ4v) is 2.98. The van der Waals surface area contributed by atoms with Gasteiger partial charge < -0.3 is 14.0 Å². The van der Waals surface area contributed by atoms with E-state index in [0.717, 1.165) is 17.9 Å². The van der Waals surface area contributed by atoms with Gasteiger partial charge in [-0.2, -0.15) is 0 Å². The molecule has 0 radical (unpaired) electrons. The van der Waals surface area contributed by atoms with Crippen LogP contribution in [0.1, 0.15) is 12.0 Å². The quantitative estimate of drug-likeness (QED) is 0.559. The number of imidazole rings is 1. The molecule has 2 atom stereocenters. The molecule has 24 heavy (non-hydrogen) atoms. The summed E-state index contributed by atoms with van der Waals surface area (Å²) in [5.74, 6) is -0.692. The molecule has 5 nitrogen and oxygen atoms in total. The molecular weight excluding hydrogens is 346 g/mol. The van der Waals surface area contributed by atoms with Gasteiger partial charge in [-0.25, -0.2) is 9.98 Å². The average molecular weight is 364 g/mol. The first-order chi connectivity index (χ1) is 11.7. The summed E-state index contributed by atoms with van der Waals surface area (Å²) >= 11 is 10.6. The third-order valence-electron chi connectivity index (χ3n) is 3.96. The van der Waals surface area contributed by atoms with Crippen LogP contribution in [0.5, 0.6) is 0 Å². The zero-order valence-corrected chi connectivity index (χ0v) is 14.7. The first kappa shape index (κ1) is 17.3.